The minimum absolute atomic E-state index is 0.288. The Morgan fingerprint density at radius 2 is 1.75 bits per heavy atom. The summed E-state index contributed by atoms with van der Waals surface area (Å²) in [7, 11) is 0. The van der Waals surface area contributed by atoms with Gasteiger partial charge in [-0.25, -0.2) is 4.98 Å². The van der Waals surface area contributed by atoms with Gasteiger partial charge in [-0.3, -0.25) is 14.6 Å². The maximum Gasteiger partial charge on any atom is 0.249 e. The molecule has 0 amide bonds. The number of nitrogens with zero attached hydrogens (tertiary/aromatic N) is 8. The van der Waals surface area contributed by atoms with E-state index in [2.05, 4.69) is 35.3 Å². The monoisotopic (exact) mass is 438 g/mol. The summed E-state index contributed by atoms with van der Waals surface area (Å²) in [5.74, 6) is 0.496. The molecule has 11 nitrogen and oxygen atoms in total. The van der Waals surface area contributed by atoms with Gasteiger partial charge in [-0.1, -0.05) is 0 Å². The molecule has 4 heterocycles. The molecule has 1 spiro atoms. The normalized spacial score (nSPS) is 20.1. The second kappa shape index (κ2) is 8.14. The quantitative estimate of drug-likeness (QED) is 0.533. The van der Waals surface area contributed by atoms with Crippen LogP contribution < -0.4 is 15.8 Å². The third-order valence-corrected chi connectivity index (χ3v) is 7.19. The zero-order valence-electron chi connectivity index (χ0n) is 18.0. The van der Waals surface area contributed by atoms with Gasteiger partial charge in [-0.15, -0.1) is 5.10 Å². The average molecular weight is 438 g/mol. The minimum Gasteiger partial charge on any atom is -0.385 e. The number of aliphatic hydroxyl groups excluding tert-OH is 1. The van der Waals surface area contributed by atoms with Crippen molar-refractivity contribution in [2.45, 2.75) is 38.7 Å². The van der Waals surface area contributed by atoms with Gasteiger partial charge in [-0.05, 0) is 61.5 Å². The van der Waals surface area contributed by atoms with Gasteiger partial charge in [-0.2, -0.15) is 4.68 Å². The van der Waals surface area contributed by atoms with Crippen molar-refractivity contribution in [2.75, 3.05) is 37.6 Å². The van der Waals surface area contributed by atoms with Crippen molar-refractivity contribution < 1.29 is 5.11 Å². The second-order valence-corrected chi connectivity index (χ2v) is 8.99. The number of likely N-dealkylation sites (tertiary alicyclic amines) is 1. The maximum atomic E-state index is 11.9. The highest BCUT2D eigenvalue weighted by Gasteiger charge is 2.39. The smallest absolute Gasteiger partial charge is 0.249 e. The predicted molar refractivity (Wildman–Crippen MR) is 115 cm³/mol. The van der Waals surface area contributed by atoms with Crippen molar-refractivity contribution in [3.8, 4) is 5.82 Å². The summed E-state index contributed by atoms with van der Waals surface area (Å²) >= 11 is 0. The molecule has 0 unspecified atom stereocenters. The van der Waals surface area contributed by atoms with Crippen LogP contribution >= 0.6 is 0 Å². The maximum absolute atomic E-state index is 11.9. The molecule has 0 bridgehead atoms. The lowest BCUT2D eigenvalue weighted by Crippen LogP contribution is -2.50. The van der Waals surface area contributed by atoms with Crippen molar-refractivity contribution in [2.24, 2.45) is 5.41 Å². The standard InChI is InChI=1S/C21H26N8O3/c1-14-18(20(32)19(14)31)28-8-4-21(5-9-28)2-6-27(7-3-21)12-16(30)15-10-23-17(11-22-15)29-13-24-25-26-29/h10-11,13,16,30H,2-9,12H2,1H3/t16-/m1/s1. The molecule has 2 aliphatic rings. The summed E-state index contributed by atoms with van der Waals surface area (Å²) < 4.78 is 1.41. The van der Waals surface area contributed by atoms with E-state index in [4.69, 9.17) is 0 Å². The van der Waals surface area contributed by atoms with Crippen LogP contribution in [-0.4, -0.2) is 72.9 Å². The molecule has 11 heteroatoms. The van der Waals surface area contributed by atoms with Gasteiger partial charge in [0.15, 0.2) is 5.82 Å². The molecule has 1 N–H and O–H groups in total. The molecule has 3 aromatic rings. The number of anilines is 1. The van der Waals surface area contributed by atoms with Crippen LogP contribution in [0.25, 0.3) is 5.82 Å². The first-order valence-corrected chi connectivity index (χ1v) is 11.0. The zero-order valence-corrected chi connectivity index (χ0v) is 18.0. The van der Waals surface area contributed by atoms with Gasteiger partial charge in [0.2, 0.25) is 10.9 Å². The lowest BCUT2D eigenvalue weighted by Gasteiger charge is -2.47. The Labute approximate surface area is 184 Å². The summed E-state index contributed by atoms with van der Waals surface area (Å²) in [6, 6.07) is 0. The van der Waals surface area contributed by atoms with Crippen molar-refractivity contribution >= 4 is 5.69 Å². The number of piperidine rings is 2. The van der Waals surface area contributed by atoms with Crippen LogP contribution in [-0.2, 0) is 0 Å². The molecule has 5 rings (SSSR count). The third kappa shape index (κ3) is 3.71. The predicted octanol–water partition coefficient (Wildman–Crippen LogP) is -0.227. The first kappa shape index (κ1) is 20.8. The van der Waals surface area contributed by atoms with Gasteiger partial charge in [0.05, 0.1) is 23.8 Å². The van der Waals surface area contributed by atoms with Gasteiger partial charge in [0.25, 0.3) is 0 Å². The molecule has 0 aliphatic carbocycles. The Kier molecular flexibility index (Phi) is 5.30. The fourth-order valence-corrected chi connectivity index (χ4v) is 5.01. The number of β-amino-alcohol motifs (C(OH)–C–C–N with tert-alkyl or cyclic N) is 1. The number of tetrazole rings is 1. The molecule has 168 valence electrons. The fraction of sp³-hybridized carbons (Fsp3) is 0.571. The molecule has 2 fully saturated rings. The van der Waals surface area contributed by atoms with Crippen molar-refractivity contribution in [3.05, 3.63) is 50.4 Å². The van der Waals surface area contributed by atoms with Gasteiger partial charge in [0, 0.05) is 25.2 Å². The van der Waals surface area contributed by atoms with Gasteiger partial charge >= 0.3 is 0 Å². The van der Waals surface area contributed by atoms with Crippen LogP contribution in [0.5, 0.6) is 0 Å². The number of aliphatic hydroxyl groups is 1. The summed E-state index contributed by atoms with van der Waals surface area (Å²) in [4.78, 5) is 36.4. The van der Waals surface area contributed by atoms with Crippen LogP contribution in [0.4, 0.5) is 5.69 Å². The van der Waals surface area contributed by atoms with E-state index in [9.17, 15) is 14.7 Å². The molecule has 2 aliphatic heterocycles. The fourth-order valence-electron chi connectivity index (χ4n) is 5.01. The molecule has 1 atom stereocenters. The minimum atomic E-state index is -0.710. The Hall–Kier alpha value is -3.05. The molecule has 32 heavy (non-hydrogen) atoms. The van der Waals surface area contributed by atoms with E-state index in [1.54, 1.807) is 19.3 Å². The van der Waals surface area contributed by atoms with Crippen molar-refractivity contribution in [3.63, 3.8) is 0 Å². The highest BCUT2D eigenvalue weighted by atomic mass is 16.3. The van der Waals surface area contributed by atoms with Crippen LogP contribution in [0.2, 0.25) is 0 Å². The van der Waals surface area contributed by atoms with E-state index >= 15 is 0 Å². The van der Waals surface area contributed by atoms with Crippen LogP contribution in [0.15, 0.2) is 28.3 Å². The highest BCUT2D eigenvalue weighted by molar-refractivity contribution is 5.58. The summed E-state index contributed by atoms with van der Waals surface area (Å²) in [6.07, 6.45) is 8.05. The Bertz CT molecular complexity index is 1140. The van der Waals surface area contributed by atoms with Gasteiger partial charge < -0.3 is 14.9 Å². The average Bonchev–Trinajstić information content (AvgIpc) is 3.37. The molecular weight excluding hydrogens is 412 g/mol. The van der Waals surface area contributed by atoms with Crippen LogP contribution in [0.3, 0.4) is 0 Å². The van der Waals surface area contributed by atoms with Crippen molar-refractivity contribution in [1.82, 2.24) is 35.1 Å². The van der Waals surface area contributed by atoms with Crippen LogP contribution in [0, 0.1) is 12.3 Å². The summed E-state index contributed by atoms with van der Waals surface area (Å²) in [6.45, 7) is 5.77. The Balaban J connectivity index is 1.13. The van der Waals surface area contributed by atoms with E-state index in [1.807, 2.05) is 0 Å². The Morgan fingerprint density at radius 3 is 2.34 bits per heavy atom. The first-order chi connectivity index (χ1) is 15.5. The van der Waals surface area contributed by atoms with Crippen LogP contribution in [0.1, 0.15) is 43.0 Å². The lowest BCUT2D eigenvalue weighted by atomic mass is 9.71. The topological polar surface area (TPSA) is 130 Å². The van der Waals surface area contributed by atoms with E-state index in [-0.39, 0.29) is 16.3 Å². The molecule has 0 saturated carbocycles. The molecule has 2 aromatic heterocycles. The summed E-state index contributed by atoms with van der Waals surface area (Å²) in [5.41, 5.74) is 1.41. The molecular formula is C21H26N8O3. The van der Waals surface area contributed by atoms with Gasteiger partial charge in [0.1, 0.15) is 12.4 Å². The highest BCUT2D eigenvalue weighted by Crippen LogP contribution is 2.42. The SMILES string of the molecule is Cc1c(N2CCC3(CCN(C[C@@H](O)c4cnc(-n5cnnn5)cn4)CC3)CC2)c(=O)c1=O. The Morgan fingerprint density at radius 1 is 1.03 bits per heavy atom. The third-order valence-electron chi connectivity index (χ3n) is 7.19. The number of hydrogen-bond donors (Lipinski definition) is 1. The molecule has 2 saturated heterocycles. The lowest BCUT2D eigenvalue weighted by molar-refractivity contribution is 0.0436. The zero-order chi connectivity index (χ0) is 22.3. The largest absolute Gasteiger partial charge is 0.385 e. The summed E-state index contributed by atoms with van der Waals surface area (Å²) in [5, 5.41) is 21.6. The first-order valence-electron chi connectivity index (χ1n) is 11.0. The number of rotatable bonds is 5. The van der Waals surface area contributed by atoms with E-state index < -0.39 is 6.10 Å². The van der Waals surface area contributed by atoms with E-state index in [0.29, 0.717) is 29.3 Å². The van der Waals surface area contributed by atoms with E-state index in [1.165, 1.54) is 11.0 Å². The molecule has 1 aromatic carbocycles. The number of hydrogen-bond acceptors (Lipinski definition) is 10. The number of aromatic nitrogens is 6. The van der Waals surface area contributed by atoms with Crippen molar-refractivity contribution in [1.29, 1.82) is 0 Å². The second-order valence-electron chi connectivity index (χ2n) is 8.99. The molecule has 0 radical (unpaired) electrons. The van der Waals surface area contributed by atoms with E-state index in [0.717, 1.165) is 51.9 Å².